The van der Waals surface area contributed by atoms with Crippen LogP contribution in [0.15, 0.2) is 24.3 Å². The van der Waals surface area contributed by atoms with Gasteiger partial charge in [-0.05, 0) is 31.9 Å². The molecule has 2 amide bonds. The number of amides is 2. The van der Waals surface area contributed by atoms with E-state index in [1.54, 1.807) is 4.90 Å². The quantitative estimate of drug-likeness (QED) is 0.908. The van der Waals surface area contributed by atoms with Gasteiger partial charge < -0.3 is 15.0 Å². The van der Waals surface area contributed by atoms with Gasteiger partial charge >= 0.3 is 0 Å². The third kappa shape index (κ3) is 3.49. The van der Waals surface area contributed by atoms with Gasteiger partial charge in [0.1, 0.15) is 5.75 Å². The zero-order chi connectivity index (χ0) is 16.2. The van der Waals surface area contributed by atoms with Crippen molar-refractivity contribution in [3.63, 3.8) is 0 Å². The van der Waals surface area contributed by atoms with Crippen molar-refractivity contribution in [3.05, 3.63) is 24.3 Å². The normalized spacial score (nSPS) is 21.7. The average molecular weight is 316 g/mol. The van der Waals surface area contributed by atoms with Gasteiger partial charge in [0, 0.05) is 19.0 Å². The topological polar surface area (TPSA) is 58.6 Å². The SMILES string of the molecule is CCOc1ccccc1N1C[C@@H](C(=O)NC2CCCC2)CC1=O. The molecule has 124 valence electrons. The second-order valence-corrected chi connectivity index (χ2v) is 6.30. The molecule has 0 radical (unpaired) electrons. The van der Waals surface area contributed by atoms with E-state index in [2.05, 4.69) is 5.32 Å². The van der Waals surface area contributed by atoms with Crippen LogP contribution in [0, 0.1) is 5.92 Å². The Morgan fingerprint density at radius 3 is 2.78 bits per heavy atom. The Kier molecular flexibility index (Phi) is 4.84. The number of hydrogen-bond donors (Lipinski definition) is 1. The lowest BCUT2D eigenvalue weighted by Gasteiger charge is -2.20. The lowest BCUT2D eigenvalue weighted by molar-refractivity contribution is -0.126. The molecule has 1 N–H and O–H groups in total. The summed E-state index contributed by atoms with van der Waals surface area (Å²) in [6, 6.07) is 7.80. The lowest BCUT2D eigenvalue weighted by Crippen LogP contribution is -2.38. The molecule has 1 heterocycles. The summed E-state index contributed by atoms with van der Waals surface area (Å²) >= 11 is 0. The van der Waals surface area contributed by atoms with Crippen molar-refractivity contribution in [1.29, 1.82) is 0 Å². The molecule has 5 heteroatoms. The van der Waals surface area contributed by atoms with Crippen LogP contribution in [0.1, 0.15) is 39.0 Å². The first-order chi connectivity index (χ1) is 11.2. The summed E-state index contributed by atoms with van der Waals surface area (Å²) in [5.74, 6) is 0.434. The summed E-state index contributed by atoms with van der Waals surface area (Å²) < 4.78 is 5.61. The van der Waals surface area contributed by atoms with Gasteiger partial charge in [-0.25, -0.2) is 0 Å². The Hall–Kier alpha value is -2.04. The first-order valence-electron chi connectivity index (χ1n) is 8.51. The summed E-state index contributed by atoms with van der Waals surface area (Å²) in [6.07, 6.45) is 4.76. The van der Waals surface area contributed by atoms with E-state index in [9.17, 15) is 9.59 Å². The molecule has 1 aromatic rings. The van der Waals surface area contributed by atoms with Gasteiger partial charge in [0.15, 0.2) is 0 Å². The first kappa shape index (κ1) is 15.8. The molecule has 2 fully saturated rings. The Balaban J connectivity index is 1.68. The highest BCUT2D eigenvalue weighted by Gasteiger charge is 2.37. The van der Waals surface area contributed by atoms with Gasteiger partial charge in [0.2, 0.25) is 11.8 Å². The molecule has 0 unspecified atom stereocenters. The van der Waals surface area contributed by atoms with Crippen LogP contribution in [-0.4, -0.2) is 31.0 Å². The number of carbonyl (C=O) groups is 2. The Bertz CT molecular complexity index is 581. The van der Waals surface area contributed by atoms with Crippen LogP contribution in [0.5, 0.6) is 5.75 Å². The molecule has 0 spiro atoms. The lowest BCUT2D eigenvalue weighted by atomic mass is 10.1. The van der Waals surface area contributed by atoms with E-state index in [4.69, 9.17) is 4.74 Å². The molecule has 2 aliphatic rings. The third-order valence-corrected chi connectivity index (χ3v) is 4.65. The highest BCUT2D eigenvalue weighted by molar-refractivity contribution is 6.01. The second-order valence-electron chi connectivity index (χ2n) is 6.30. The van der Waals surface area contributed by atoms with E-state index < -0.39 is 0 Å². The highest BCUT2D eigenvalue weighted by Crippen LogP contribution is 2.33. The third-order valence-electron chi connectivity index (χ3n) is 4.65. The van der Waals surface area contributed by atoms with Crippen molar-refractivity contribution in [2.45, 2.75) is 45.1 Å². The molecule has 1 aromatic carbocycles. The zero-order valence-corrected chi connectivity index (χ0v) is 13.6. The van der Waals surface area contributed by atoms with Crippen LogP contribution < -0.4 is 15.0 Å². The Morgan fingerprint density at radius 2 is 2.04 bits per heavy atom. The average Bonchev–Trinajstić information content (AvgIpc) is 3.18. The van der Waals surface area contributed by atoms with Crippen molar-refractivity contribution in [1.82, 2.24) is 5.32 Å². The van der Waals surface area contributed by atoms with Gasteiger partial charge in [-0.15, -0.1) is 0 Å². The molecule has 1 atom stereocenters. The van der Waals surface area contributed by atoms with E-state index in [-0.39, 0.29) is 24.2 Å². The van der Waals surface area contributed by atoms with Gasteiger partial charge in [-0.1, -0.05) is 25.0 Å². The minimum absolute atomic E-state index is 0.0104. The van der Waals surface area contributed by atoms with Crippen LogP contribution in [0.3, 0.4) is 0 Å². The molecule has 23 heavy (non-hydrogen) atoms. The minimum Gasteiger partial charge on any atom is -0.492 e. The summed E-state index contributed by atoms with van der Waals surface area (Å²) in [4.78, 5) is 26.5. The van der Waals surface area contributed by atoms with E-state index in [0.29, 0.717) is 24.9 Å². The van der Waals surface area contributed by atoms with E-state index in [1.807, 2.05) is 31.2 Å². The van der Waals surface area contributed by atoms with Crippen molar-refractivity contribution >= 4 is 17.5 Å². The number of para-hydroxylation sites is 2. The van der Waals surface area contributed by atoms with E-state index >= 15 is 0 Å². The van der Waals surface area contributed by atoms with Gasteiger partial charge in [-0.2, -0.15) is 0 Å². The molecule has 1 saturated heterocycles. The number of anilines is 1. The molecule has 1 saturated carbocycles. The van der Waals surface area contributed by atoms with Crippen molar-refractivity contribution in [3.8, 4) is 5.75 Å². The zero-order valence-electron chi connectivity index (χ0n) is 13.6. The maximum Gasteiger partial charge on any atom is 0.227 e. The molecule has 1 aliphatic heterocycles. The van der Waals surface area contributed by atoms with Crippen LogP contribution in [0.25, 0.3) is 0 Å². The fraction of sp³-hybridized carbons (Fsp3) is 0.556. The van der Waals surface area contributed by atoms with Crippen molar-refractivity contribution in [2.24, 2.45) is 5.92 Å². The smallest absolute Gasteiger partial charge is 0.227 e. The molecule has 5 nitrogen and oxygen atoms in total. The second kappa shape index (κ2) is 7.02. The van der Waals surface area contributed by atoms with Crippen molar-refractivity contribution in [2.75, 3.05) is 18.1 Å². The summed E-state index contributed by atoms with van der Waals surface area (Å²) in [6.45, 7) is 2.90. The van der Waals surface area contributed by atoms with Crippen LogP contribution in [0.2, 0.25) is 0 Å². The molecular formula is C18H24N2O3. The number of carbonyl (C=O) groups excluding carboxylic acids is 2. The summed E-state index contributed by atoms with van der Waals surface area (Å²) in [5.41, 5.74) is 0.760. The molecule has 0 aromatic heterocycles. The molecule has 3 rings (SSSR count). The van der Waals surface area contributed by atoms with Crippen LogP contribution >= 0.6 is 0 Å². The van der Waals surface area contributed by atoms with Crippen LogP contribution in [0.4, 0.5) is 5.69 Å². The molecular weight excluding hydrogens is 292 g/mol. The van der Waals surface area contributed by atoms with Gasteiger partial charge in [-0.3, -0.25) is 9.59 Å². The van der Waals surface area contributed by atoms with E-state index in [0.717, 1.165) is 18.5 Å². The fourth-order valence-electron chi connectivity index (χ4n) is 3.46. The first-order valence-corrected chi connectivity index (χ1v) is 8.51. The predicted molar refractivity (Wildman–Crippen MR) is 88.5 cm³/mol. The number of nitrogens with zero attached hydrogens (tertiary/aromatic N) is 1. The molecule has 1 aliphatic carbocycles. The van der Waals surface area contributed by atoms with Crippen molar-refractivity contribution < 1.29 is 14.3 Å². The predicted octanol–water partition coefficient (Wildman–Crippen LogP) is 2.50. The summed E-state index contributed by atoms with van der Waals surface area (Å²) in [7, 11) is 0. The Morgan fingerprint density at radius 1 is 1.30 bits per heavy atom. The minimum atomic E-state index is -0.266. The number of ether oxygens (including phenoxy) is 1. The number of nitrogens with one attached hydrogen (secondary N) is 1. The number of hydrogen-bond acceptors (Lipinski definition) is 3. The van der Waals surface area contributed by atoms with Crippen LogP contribution in [-0.2, 0) is 9.59 Å². The van der Waals surface area contributed by atoms with E-state index in [1.165, 1.54) is 12.8 Å². The summed E-state index contributed by atoms with van der Waals surface area (Å²) in [5, 5.41) is 3.10. The largest absolute Gasteiger partial charge is 0.492 e. The number of rotatable bonds is 5. The number of benzene rings is 1. The fourth-order valence-corrected chi connectivity index (χ4v) is 3.46. The maximum atomic E-state index is 12.4. The molecule has 0 bridgehead atoms. The maximum absolute atomic E-state index is 12.4. The monoisotopic (exact) mass is 316 g/mol. The van der Waals surface area contributed by atoms with Gasteiger partial charge in [0.25, 0.3) is 0 Å². The highest BCUT2D eigenvalue weighted by atomic mass is 16.5. The Labute approximate surface area is 137 Å². The standard InChI is InChI=1S/C18H24N2O3/c1-2-23-16-10-6-5-9-15(16)20-12-13(11-17(20)21)18(22)19-14-7-3-4-8-14/h5-6,9-10,13-14H,2-4,7-8,11-12H2,1H3,(H,19,22)/t13-/m0/s1. The van der Waals surface area contributed by atoms with Gasteiger partial charge in [0.05, 0.1) is 18.2 Å².